The van der Waals surface area contributed by atoms with Crippen molar-refractivity contribution in [3.05, 3.63) is 71.3 Å². The molecular formula is C33H41N7O6. The number of nitrogens with one attached hydrogen (secondary N) is 3. The van der Waals surface area contributed by atoms with Gasteiger partial charge in [-0.15, -0.1) is 0 Å². The van der Waals surface area contributed by atoms with Crippen LogP contribution in [0.2, 0.25) is 0 Å². The van der Waals surface area contributed by atoms with Crippen molar-refractivity contribution < 1.29 is 28.7 Å². The first kappa shape index (κ1) is 32.5. The Morgan fingerprint density at radius 3 is 2.46 bits per heavy atom. The molecule has 2 aromatic carbocycles. The number of carbonyl (C=O) groups is 4. The molecule has 0 spiro atoms. The van der Waals surface area contributed by atoms with Crippen molar-refractivity contribution >= 4 is 23.6 Å². The zero-order valence-electron chi connectivity index (χ0n) is 26.6. The van der Waals surface area contributed by atoms with Gasteiger partial charge < -0.3 is 30.3 Å². The van der Waals surface area contributed by atoms with Gasteiger partial charge in [0.15, 0.2) is 17.3 Å². The van der Waals surface area contributed by atoms with Crippen LogP contribution in [0.15, 0.2) is 48.5 Å². The summed E-state index contributed by atoms with van der Waals surface area (Å²) in [6.07, 6.45) is 0.947. The van der Waals surface area contributed by atoms with Crippen LogP contribution in [0.25, 0.3) is 0 Å². The molecule has 5 rings (SSSR count). The van der Waals surface area contributed by atoms with Crippen LogP contribution in [0.5, 0.6) is 11.5 Å². The molecule has 0 aliphatic carbocycles. The van der Waals surface area contributed by atoms with Gasteiger partial charge in [0.05, 0.1) is 12.6 Å². The molecule has 3 heterocycles. The summed E-state index contributed by atoms with van der Waals surface area (Å²) in [5.41, 5.74) is 1.85. The third-order valence-electron chi connectivity index (χ3n) is 8.10. The number of hydrogen-bond acceptors (Lipinski definition) is 8. The average Bonchev–Trinajstić information content (AvgIpc) is 3.64. The van der Waals surface area contributed by atoms with Crippen molar-refractivity contribution in [3.8, 4) is 11.5 Å². The molecule has 0 saturated heterocycles. The third kappa shape index (κ3) is 8.20. The van der Waals surface area contributed by atoms with E-state index >= 15 is 0 Å². The number of carbonyl (C=O) groups excluding carboxylic acids is 4. The summed E-state index contributed by atoms with van der Waals surface area (Å²) < 4.78 is 12.3. The zero-order chi connectivity index (χ0) is 32.8. The van der Waals surface area contributed by atoms with Crippen molar-refractivity contribution in [2.24, 2.45) is 5.92 Å². The molecule has 3 N–H and O–H groups in total. The summed E-state index contributed by atoms with van der Waals surface area (Å²) in [7, 11) is 0. The van der Waals surface area contributed by atoms with Gasteiger partial charge in [-0.3, -0.25) is 19.2 Å². The van der Waals surface area contributed by atoms with E-state index in [9.17, 15) is 19.2 Å². The molecular weight excluding hydrogens is 590 g/mol. The topological polar surface area (TPSA) is 157 Å². The Morgan fingerprint density at radius 1 is 0.957 bits per heavy atom. The van der Waals surface area contributed by atoms with Crippen molar-refractivity contribution in [2.75, 3.05) is 19.9 Å². The molecule has 2 aliphatic rings. The van der Waals surface area contributed by atoms with E-state index in [4.69, 9.17) is 9.47 Å². The Labute approximate surface area is 268 Å². The molecule has 13 heteroatoms. The van der Waals surface area contributed by atoms with Gasteiger partial charge in [0.1, 0.15) is 18.4 Å². The van der Waals surface area contributed by atoms with E-state index in [1.165, 1.54) is 9.58 Å². The van der Waals surface area contributed by atoms with Gasteiger partial charge >= 0.3 is 0 Å². The Balaban J connectivity index is 1.43. The molecule has 2 aliphatic heterocycles. The van der Waals surface area contributed by atoms with Gasteiger partial charge in [-0.05, 0) is 55.9 Å². The van der Waals surface area contributed by atoms with Crippen LogP contribution in [0.1, 0.15) is 56.0 Å². The fourth-order valence-corrected chi connectivity index (χ4v) is 5.53. The summed E-state index contributed by atoms with van der Waals surface area (Å²) in [6, 6.07) is 13.2. The maximum absolute atomic E-state index is 13.8. The van der Waals surface area contributed by atoms with Crippen molar-refractivity contribution in [3.63, 3.8) is 0 Å². The van der Waals surface area contributed by atoms with Crippen LogP contribution >= 0.6 is 0 Å². The van der Waals surface area contributed by atoms with Gasteiger partial charge in [0.2, 0.25) is 30.4 Å². The summed E-state index contributed by atoms with van der Waals surface area (Å²) >= 11 is 0. The lowest BCUT2D eigenvalue weighted by Gasteiger charge is -2.31. The van der Waals surface area contributed by atoms with E-state index in [2.05, 4.69) is 26.0 Å². The summed E-state index contributed by atoms with van der Waals surface area (Å²) in [4.78, 5) is 59.8. The zero-order valence-corrected chi connectivity index (χ0v) is 26.6. The molecule has 1 aromatic heterocycles. The quantitative estimate of drug-likeness (QED) is 0.372. The number of ether oxygens (including phenoxy) is 2. The molecule has 0 saturated carbocycles. The molecule has 0 fully saturated rings. The maximum Gasteiger partial charge on any atom is 0.242 e. The number of rotatable bonds is 6. The minimum atomic E-state index is -0.845. The maximum atomic E-state index is 13.8. The first-order valence-electron chi connectivity index (χ1n) is 15.6. The van der Waals surface area contributed by atoms with Crippen molar-refractivity contribution in [1.82, 2.24) is 35.6 Å². The molecule has 244 valence electrons. The smallest absolute Gasteiger partial charge is 0.242 e. The second kappa shape index (κ2) is 14.4. The predicted octanol–water partition coefficient (Wildman–Crippen LogP) is 1.84. The second-order valence-electron chi connectivity index (χ2n) is 12.1. The molecule has 3 atom stereocenters. The Bertz CT molecular complexity index is 1570. The molecule has 46 heavy (non-hydrogen) atoms. The Kier molecular flexibility index (Phi) is 10.2. The highest BCUT2D eigenvalue weighted by molar-refractivity contribution is 5.88. The fraction of sp³-hybridized carbons (Fsp3) is 0.455. The van der Waals surface area contributed by atoms with E-state index in [0.29, 0.717) is 36.0 Å². The Morgan fingerprint density at radius 2 is 1.70 bits per heavy atom. The van der Waals surface area contributed by atoms with Crippen LogP contribution in [0.3, 0.4) is 0 Å². The van der Waals surface area contributed by atoms with E-state index in [1.807, 2.05) is 62.4 Å². The fourth-order valence-electron chi connectivity index (χ4n) is 5.53. The number of nitrogens with zero attached hydrogens (tertiary/aromatic N) is 4. The van der Waals surface area contributed by atoms with E-state index in [0.717, 1.165) is 11.1 Å². The Hall–Kier alpha value is -4.94. The lowest BCUT2D eigenvalue weighted by Crippen LogP contribution is -2.54. The third-order valence-corrected chi connectivity index (χ3v) is 8.10. The summed E-state index contributed by atoms with van der Waals surface area (Å²) in [5, 5.41) is 13.2. The lowest BCUT2D eigenvalue weighted by atomic mass is 10.0. The van der Waals surface area contributed by atoms with Crippen molar-refractivity contribution in [2.45, 2.75) is 71.6 Å². The highest BCUT2D eigenvalue weighted by Crippen LogP contribution is 2.32. The minimum absolute atomic E-state index is 0.0716. The predicted molar refractivity (Wildman–Crippen MR) is 168 cm³/mol. The van der Waals surface area contributed by atoms with Crippen LogP contribution in [-0.4, -0.2) is 75.3 Å². The number of aryl methyl sites for hydroxylation is 2. The number of amides is 4. The van der Waals surface area contributed by atoms with Crippen LogP contribution in [0, 0.1) is 12.8 Å². The van der Waals surface area contributed by atoms with Crippen LogP contribution in [-0.2, 0) is 38.6 Å². The average molecular weight is 632 g/mol. The standard InChI is InChI=1S/C33H41N7O6/c1-20(2)26-16-39(31(43)13-11-24-10-12-27-28(15-24)46-19-45-27)17-29(41)36-25(14-23-8-6-5-7-9-23)32-35-22(4)38-40(32)18-30(42)34-21(3)33(44)37-26/h5-10,12,15,20-21,25-26H,11,13-14,16-19H2,1-4H3,(H,34,42)(H,36,41)(H,37,44)/t21-,25+,26-/m1/s1. The largest absolute Gasteiger partial charge is 0.454 e. The van der Waals surface area contributed by atoms with Crippen molar-refractivity contribution in [1.29, 1.82) is 0 Å². The van der Waals surface area contributed by atoms with Gasteiger partial charge in [0, 0.05) is 19.0 Å². The normalized spacial score (nSPS) is 20.7. The minimum Gasteiger partial charge on any atom is -0.454 e. The SMILES string of the molecule is Cc1nc2n(n1)CC(=O)N[C@H](C)C(=O)N[C@@H](C(C)C)CN(C(=O)CCc1ccc3c(c1)OCO3)CC(=O)N[C@H]2Cc1ccccc1. The highest BCUT2D eigenvalue weighted by atomic mass is 16.7. The van der Waals surface area contributed by atoms with Crippen LogP contribution in [0.4, 0.5) is 0 Å². The van der Waals surface area contributed by atoms with E-state index in [1.54, 1.807) is 13.8 Å². The summed E-state index contributed by atoms with van der Waals surface area (Å²) in [5.74, 6) is 0.607. The van der Waals surface area contributed by atoms with Gasteiger partial charge in [-0.2, -0.15) is 5.10 Å². The number of hydrogen-bond donors (Lipinski definition) is 3. The monoisotopic (exact) mass is 631 g/mol. The van der Waals surface area contributed by atoms with E-state index < -0.39 is 35.8 Å². The molecule has 4 amide bonds. The first-order valence-corrected chi connectivity index (χ1v) is 15.6. The highest BCUT2D eigenvalue weighted by Gasteiger charge is 2.30. The number of fused-ring (bicyclic) bond motifs is 2. The molecule has 0 unspecified atom stereocenters. The number of aromatic nitrogens is 3. The molecule has 0 bridgehead atoms. The van der Waals surface area contributed by atoms with Gasteiger partial charge in [0.25, 0.3) is 0 Å². The van der Waals surface area contributed by atoms with Crippen LogP contribution < -0.4 is 25.4 Å². The second-order valence-corrected chi connectivity index (χ2v) is 12.1. The van der Waals surface area contributed by atoms with Gasteiger partial charge in [-0.1, -0.05) is 50.2 Å². The number of benzene rings is 2. The van der Waals surface area contributed by atoms with Gasteiger partial charge in [-0.25, -0.2) is 9.67 Å². The molecule has 13 nitrogen and oxygen atoms in total. The molecule has 0 radical (unpaired) electrons. The summed E-state index contributed by atoms with van der Waals surface area (Å²) in [6.45, 7) is 7.02. The van der Waals surface area contributed by atoms with E-state index in [-0.39, 0.29) is 44.7 Å². The first-order chi connectivity index (χ1) is 22.0. The molecule has 3 aromatic rings. The lowest BCUT2D eigenvalue weighted by molar-refractivity contribution is -0.137.